The lowest BCUT2D eigenvalue weighted by Gasteiger charge is -2.13. The number of nitrogens with zero attached hydrogens (tertiary/aromatic N) is 2. The lowest BCUT2D eigenvalue weighted by atomic mass is 10.2. The molecule has 0 saturated heterocycles. The van der Waals surface area contributed by atoms with Crippen LogP contribution in [-0.4, -0.2) is 39.0 Å². The summed E-state index contributed by atoms with van der Waals surface area (Å²) < 4.78 is 54.2. The summed E-state index contributed by atoms with van der Waals surface area (Å²) in [5.41, 5.74) is 6.78. The highest BCUT2D eigenvalue weighted by atomic mass is 32.2. The summed E-state index contributed by atoms with van der Waals surface area (Å²) >= 11 is 0. The van der Waals surface area contributed by atoms with Crippen molar-refractivity contribution in [2.45, 2.75) is 24.0 Å². The Morgan fingerprint density at radius 2 is 1.93 bits per heavy atom. The molecule has 0 amide bonds. The minimum absolute atomic E-state index is 0.0227. The van der Waals surface area contributed by atoms with Crippen molar-refractivity contribution in [3.05, 3.63) is 47.8 Å². The predicted octanol–water partition coefficient (Wildman–Crippen LogP) is 3.09. The second-order valence-corrected chi connectivity index (χ2v) is 6.70. The highest BCUT2D eigenvalue weighted by molar-refractivity contribution is 7.84. The number of para-hydroxylation sites is 2. The maximum atomic E-state index is 12.5. The molecule has 3 aromatic rings. The van der Waals surface area contributed by atoms with Gasteiger partial charge in [-0.2, -0.15) is 13.2 Å². The SMILES string of the molecule is CN.Cc1c(OCC(F)(F)F)ccnc1CS(=O)c1nc2ccccc2[nH]1. The molecule has 6 nitrogen and oxygen atoms in total. The molecule has 0 radical (unpaired) electrons. The van der Waals surface area contributed by atoms with Crippen LogP contribution in [0.2, 0.25) is 0 Å². The van der Waals surface area contributed by atoms with Gasteiger partial charge in [0.2, 0.25) is 0 Å². The average molecular weight is 400 g/mol. The maximum absolute atomic E-state index is 12.5. The van der Waals surface area contributed by atoms with Crippen LogP contribution in [0.5, 0.6) is 5.75 Å². The zero-order valence-corrected chi connectivity index (χ0v) is 15.5. The fourth-order valence-corrected chi connectivity index (χ4v) is 3.35. The van der Waals surface area contributed by atoms with Crippen molar-refractivity contribution in [3.63, 3.8) is 0 Å². The third-order valence-electron chi connectivity index (χ3n) is 3.50. The zero-order valence-electron chi connectivity index (χ0n) is 14.7. The molecular weight excluding hydrogens is 381 g/mol. The number of fused-ring (bicyclic) bond motifs is 1. The van der Waals surface area contributed by atoms with Crippen molar-refractivity contribution >= 4 is 21.8 Å². The van der Waals surface area contributed by atoms with E-state index < -0.39 is 23.6 Å². The Kier molecular flexibility index (Phi) is 6.92. The normalized spacial score (nSPS) is 12.4. The first-order valence-electron chi connectivity index (χ1n) is 7.88. The molecule has 0 saturated carbocycles. The predicted molar refractivity (Wildman–Crippen MR) is 96.8 cm³/mol. The average Bonchev–Trinajstić information content (AvgIpc) is 3.08. The molecular formula is C17H19F3N4O2S. The number of imidazole rings is 1. The van der Waals surface area contributed by atoms with E-state index in [0.29, 0.717) is 21.9 Å². The molecule has 0 aliphatic rings. The number of pyridine rings is 1. The number of nitrogens with one attached hydrogen (secondary N) is 1. The van der Waals surface area contributed by atoms with Gasteiger partial charge in [0.05, 0.1) is 33.3 Å². The molecule has 3 rings (SSSR count). The van der Waals surface area contributed by atoms with Crippen molar-refractivity contribution in [3.8, 4) is 5.75 Å². The van der Waals surface area contributed by atoms with E-state index in [4.69, 9.17) is 4.74 Å². The Morgan fingerprint density at radius 3 is 2.59 bits per heavy atom. The van der Waals surface area contributed by atoms with Gasteiger partial charge in [0.25, 0.3) is 0 Å². The van der Waals surface area contributed by atoms with Crippen LogP contribution in [0, 0.1) is 6.92 Å². The summed E-state index contributed by atoms with van der Waals surface area (Å²) in [7, 11) is -0.0136. The van der Waals surface area contributed by atoms with E-state index in [0.717, 1.165) is 5.52 Å². The number of alkyl halides is 3. The van der Waals surface area contributed by atoms with Gasteiger partial charge in [0.1, 0.15) is 5.75 Å². The summed E-state index contributed by atoms with van der Waals surface area (Å²) in [6.45, 7) is 0.202. The highest BCUT2D eigenvalue weighted by Gasteiger charge is 2.29. The quantitative estimate of drug-likeness (QED) is 0.686. The summed E-state index contributed by atoms with van der Waals surface area (Å²) in [6, 6.07) is 8.62. The van der Waals surface area contributed by atoms with Crippen LogP contribution in [0.25, 0.3) is 11.0 Å². The van der Waals surface area contributed by atoms with Gasteiger partial charge in [0.15, 0.2) is 11.8 Å². The fourth-order valence-electron chi connectivity index (χ4n) is 2.25. The van der Waals surface area contributed by atoms with E-state index in [2.05, 4.69) is 20.7 Å². The zero-order chi connectivity index (χ0) is 20.0. The minimum atomic E-state index is -4.42. The minimum Gasteiger partial charge on any atom is -0.484 e. The lowest BCUT2D eigenvalue weighted by Crippen LogP contribution is -2.19. The van der Waals surface area contributed by atoms with Crippen LogP contribution < -0.4 is 10.5 Å². The maximum Gasteiger partial charge on any atom is 0.422 e. The molecule has 0 spiro atoms. The lowest BCUT2D eigenvalue weighted by molar-refractivity contribution is -0.153. The highest BCUT2D eigenvalue weighted by Crippen LogP contribution is 2.24. The summed E-state index contributed by atoms with van der Waals surface area (Å²) in [5.74, 6) is 0.0958. The van der Waals surface area contributed by atoms with Crippen LogP contribution in [-0.2, 0) is 16.6 Å². The van der Waals surface area contributed by atoms with Crippen molar-refractivity contribution in [1.82, 2.24) is 15.0 Å². The Labute approximate surface area is 156 Å². The van der Waals surface area contributed by atoms with E-state index in [9.17, 15) is 17.4 Å². The molecule has 27 heavy (non-hydrogen) atoms. The van der Waals surface area contributed by atoms with Gasteiger partial charge in [-0.15, -0.1) is 0 Å². The van der Waals surface area contributed by atoms with Crippen LogP contribution in [0.4, 0.5) is 13.2 Å². The summed E-state index contributed by atoms with van der Waals surface area (Å²) in [6.07, 6.45) is -3.09. The molecule has 10 heteroatoms. The van der Waals surface area contributed by atoms with Crippen LogP contribution >= 0.6 is 0 Å². The molecule has 1 aromatic carbocycles. The fraction of sp³-hybridized carbons (Fsp3) is 0.294. The smallest absolute Gasteiger partial charge is 0.422 e. The monoisotopic (exact) mass is 400 g/mol. The Hall–Kier alpha value is -2.46. The molecule has 0 fully saturated rings. The number of ether oxygens (including phenoxy) is 1. The number of hydrogen-bond donors (Lipinski definition) is 2. The van der Waals surface area contributed by atoms with E-state index in [1.165, 1.54) is 19.3 Å². The van der Waals surface area contributed by atoms with E-state index in [-0.39, 0.29) is 11.5 Å². The van der Waals surface area contributed by atoms with Gasteiger partial charge in [-0.1, -0.05) is 12.1 Å². The summed E-state index contributed by atoms with van der Waals surface area (Å²) in [4.78, 5) is 11.3. The first kappa shape index (κ1) is 20.8. The number of aromatic amines is 1. The first-order chi connectivity index (χ1) is 12.8. The van der Waals surface area contributed by atoms with Crippen LogP contribution in [0.3, 0.4) is 0 Å². The number of hydrogen-bond acceptors (Lipinski definition) is 5. The van der Waals surface area contributed by atoms with Crippen molar-refractivity contribution < 1.29 is 22.1 Å². The summed E-state index contributed by atoms with van der Waals surface area (Å²) in [5, 5.41) is 0.295. The molecule has 1 unspecified atom stereocenters. The molecule has 0 aliphatic carbocycles. The Bertz CT molecular complexity index is 895. The largest absolute Gasteiger partial charge is 0.484 e. The first-order valence-corrected chi connectivity index (χ1v) is 9.20. The van der Waals surface area contributed by atoms with Gasteiger partial charge in [-0.3, -0.25) is 9.19 Å². The van der Waals surface area contributed by atoms with Gasteiger partial charge in [0, 0.05) is 11.8 Å². The Balaban J connectivity index is 0.00000126. The topological polar surface area (TPSA) is 93.9 Å². The molecule has 0 bridgehead atoms. The standard InChI is InChI=1S/C16H14F3N3O2S.CH5N/c1-10-13(20-7-6-14(10)24-9-16(17,18)19)8-25(23)15-21-11-4-2-3-5-12(11)22-15;1-2/h2-7H,8-9H2,1H3,(H,21,22);2H2,1H3. The number of H-pyrrole nitrogens is 1. The third kappa shape index (κ3) is 5.51. The van der Waals surface area contributed by atoms with Crippen molar-refractivity contribution in [2.24, 2.45) is 5.73 Å². The number of nitrogens with two attached hydrogens (primary N) is 1. The van der Waals surface area contributed by atoms with Gasteiger partial charge >= 0.3 is 6.18 Å². The van der Waals surface area contributed by atoms with Gasteiger partial charge in [-0.25, -0.2) is 4.98 Å². The molecule has 2 heterocycles. The van der Waals surface area contributed by atoms with Crippen LogP contribution in [0.1, 0.15) is 11.3 Å². The third-order valence-corrected chi connectivity index (χ3v) is 4.66. The number of rotatable bonds is 5. The molecule has 146 valence electrons. The number of halogens is 3. The number of aromatic nitrogens is 3. The molecule has 1 atom stereocenters. The molecule has 0 aliphatic heterocycles. The molecule has 3 N–H and O–H groups in total. The second kappa shape index (κ2) is 8.96. The van der Waals surface area contributed by atoms with Crippen molar-refractivity contribution in [2.75, 3.05) is 13.7 Å². The van der Waals surface area contributed by atoms with Crippen molar-refractivity contribution in [1.29, 1.82) is 0 Å². The van der Waals surface area contributed by atoms with E-state index >= 15 is 0 Å². The van der Waals surface area contributed by atoms with E-state index in [1.807, 2.05) is 18.2 Å². The van der Waals surface area contributed by atoms with Gasteiger partial charge in [-0.05, 0) is 32.2 Å². The Morgan fingerprint density at radius 1 is 1.22 bits per heavy atom. The van der Waals surface area contributed by atoms with Gasteiger partial charge < -0.3 is 15.5 Å². The number of benzene rings is 1. The second-order valence-electron chi connectivity index (χ2n) is 5.33. The van der Waals surface area contributed by atoms with E-state index in [1.54, 1.807) is 13.0 Å². The van der Waals surface area contributed by atoms with Crippen LogP contribution in [0.15, 0.2) is 41.7 Å². The molecule has 2 aromatic heterocycles.